The van der Waals surface area contributed by atoms with Crippen molar-refractivity contribution in [2.24, 2.45) is 0 Å². The summed E-state index contributed by atoms with van der Waals surface area (Å²) in [4.78, 5) is 18.8. The molecule has 1 aromatic heterocycles. The minimum atomic E-state index is -0.377. The Hall–Kier alpha value is -1.72. The van der Waals surface area contributed by atoms with Crippen molar-refractivity contribution >= 4 is 28.4 Å². The Morgan fingerprint density at radius 1 is 1.39 bits per heavy atom. The molecule has 0 saturated carbocycles. The fourth-order valence-corrected chi connectivity index (χ4v) is 3.15. The molecule has 0 spiro atoms. The van der Waals surface area contributed by atoms with Gasteiger partial charge >= 0.3 is 0 Å². The molecule has 23 heavy (non-hydrogen) atoms. The van der Waals surface area contributed by atoms with Gasteiger partial charge in [-0.05, 0) is 51.1 Å². The summed E-state index contributed by atoms with van der Waals surface area (Å²) >= 11 is 6.09. The molecule has 1 unspecified atom stereocenters. The first-order chi connectivity index (χ1) is 11.0. The molecule has 4 nitrogen and oxygen atoms in total. The molecule has 3 rings (SSSR count). The van der Waals surface area contributed by atoms with Gasteiger partial charge in [-0.25, -0.2) is 9.37 Å². The summed E-state index contributed by atoms with van der Waals surface area (Å²) in [5.74, 6) is -0.627. The maximum atomic E-state index is 13.2. The van der Waals surface area contributed by atoms with Crippen molar-refractivity contribution in [2.45, 2.75) is 25.8 Å². The van der Waals surface area contributed by atoms with E-state index in [0.29, 0.717) is 29.1 Å². The lowest BCUT2D eigenvalue weighted by molar-refractivity contribution is 0.0940. The van der Waals surface area contributed by atoms with Crippen LogP contribution >= 0.6 is 11.6 Å². The van der Waals surface area contributed by atoms with Crippen LogP contribution < -0.4 is 5.32 Å². The van der Waals surface area contributed by atoms with Crippen LogP contribution in [0.5, 0.6) is 0 Å². The third kappa shape index (κ3) is 3.62. The molecule has 122 valence electrons. The van der Waals surface area contributed by atoms with Crippen molar-refractivity contribution in [3.05, 3.63) is 40.8 Å². The van der Waals surface area contributed by atoms with Crippen molar-refractivity contribution in [3.8, 4) is 0 Å². The maximum absolute atomic E-state index is 13.2. The molecule has 0 bridgehead atoms. The first-order valence-electron chi connectivity index (χ1n) is 7.82. The van der Waals surface area contributed by atoms with Crippen molar-refractivity contribution in [1.82, 2.24) is 15.2 Å². The van der Waals surface area contributed by atoms with Gasteiger partial charge in [-0.3, -0.25) is 9.69 Å². The Morgan fingerprint density at radius 2 is 2.13 bits per heavy atom. The van der Waals surface area contributed by atoms with Gasteiger partial charge in [0.15, 0.2) is 0 Å². The number of carbonyl (C=O) groups excluding carboxylic acids is 1. The van der Waals surface area contributed by atoms with Gasteiger partial charge in [0.1, 0.15) is 11.0 Å². The molecule has 1 aliphatic heterocycles. The Morgan fingerprint density at radius 3 is 2.87 bits per heavy atom. The SMILES string of the molecule is CC(CNC(=O)c1cc2ccc(F)cc2nc1Cl)N1CCCC1. The van der Waals surface area contributed by atoms with Gasteiger partial charge in [-0.1, -0.05) is 11.6 Å². The van der Waals surface area contributed by atoms with Crippen molar-refractivity contribution in [1.29, 1.82) is 0 Å². The molecule has 1 fully saturated rings. The van der Waals surface area contributed by atoms with Gasteiger partial charge < -0.3 is 5.32 Å². The van der Waals surface area contributed by atoms with E-state index >= 15 is 0 Å². The average Bonchev–Trinajstić information content (AvgIpc) is 3.06. The van der Waals surface area contributed by atoms with Crippen LogP contribution in [0.4, 0.5) is 4.39 Å². The predicted octanol–water partition coefficient (Wildman–Crippen LogP) is 3.24. The fraction of sp³-hybridized carbons (Fsp3) is 0.412. The lowest BCUT2D eigenvalue weighted by Crippen LogP contribution is -2.40. The number of nitrogens with zero attached hydrogens (tertiary/aromatic N) is 2. The topological polar surface area (TPSA) is 45.2 Å². The third-order valence-corrected chi connectivity index (χ3v) is 4.59. The van der Waals surface area contributed by atoms with Crippen LogP contribution in [0.25, 0.3) is 10.9 Å². The molecule has 1 saturated heterocycles. The van der Waals surface area contributed by atoms with Crippen LogP contribution in [0.2, 0.25) is 5.15 Å². The zero-order chi connectivity index (χ0) is 16.4. The van der Waals surface area contributed by atoms with Crippen LogP contribution in [-0.4, -0.2) is 41.5 Å². The van der Waals surface area contributed by atoms with Crippen molar-refractivity contribution in [2.75, 3.05) is 19.6 Å². The number of halogens is 2. The lowest BCUT2D eigenvalue weighted by atomic mass is 10.1. The predicted molar refractivity (Wildman–Crippen MR) is 89.3 cm³/mol. The Labute approximate surface area is 139 Å². The molecule has 2 heterocycles. The number of fused-ring (bicyclic) bond motifs is 1. The number of rotatable bonds is 4. The number of hydrogen-bond acceptors (Lipinski definition) is 3. The highest BCUT2D eigenvalue weighted by Gasteiger charge is 2.19. The van der Waals surface area contributed by atoms with E-state index < -0.39 is 0 Å². The minimum Gasteiger partial charge on any atom is -0.350 e. The Bertz CT molecular complexity index is 731. The van der Waals surface area contributed by atoms with E-state index in [4.69, 9.17) is 11.6 Å². The van der Waals surface area contributed by atoms with Gasteiger partial charge in [0.2, 0.25) is 0 Å². The van der Waals surface area contributed by atoms with E-state index in [9.17, 15) is 9.18 Å². The van der Waals surface area contributed by atoms with E-state index in [2.05, 4.69) is 22.1 Å². The number of amides is 1. The first-order valence-corrected chi connectivity index (χ1v) is 8.20. The standard InChI is InChI=1S/C17H19ClFN3O/c1-11(22-6-2-3-7-22)10-20-17(23)14-8-12-4-5-13(19)9-15(12)21-16(14)18/h4-5,8-9,11H,2-3,6-7,10H2,1H3,(H,20,23). The molecule has 0 aliphatic carbocycles. The number of hydrogen-bond donors (Lipinski definition) is 1. The summed E-state index contributed by atoms with van der Waals surface area (Å²) in [6, 6.07) is 6.19. The first kappa shape index (κ1) is 16.1. The van der Waals surface area contributed by atoms with Crippen molar-refractivity contribution < 1.29 is 9.18 Å². The number of nitrogens with one attached hydrogen (secondary N) is 1. The highest BCUT2D eigenvalue weighted by molar-refractivity contribution is 6.33. The molecule has 1 N–H and O–H groups in total. The molecule has 1 amide bonds. The summed E-state index contributed by atoms with van der Waals surface area (Å²) in [5.41, 5.74) is 0.761. The van der Waals surface area contributed by atoms with Gasteiger partial charge in [0, 0.05) is 24.0 Å². The number of carbonyl (C=O) groups is 1. The zero-order valence-corrected chi connectivity index (χ0v) is 13.7. The summed E-state index contributed by atoms with van der Waals surface area (Å²) in [6.45, 7) is 4.84. The summed E-state index contributed by atoms with van der Waals surface area (Å²) in [6.07, 6.45) is 2.44. The summed E-state index contributed by atoms with van der Waals surface area (Å²) < 4.78 is 13.2. The Kier molecular flexibility index (Phi) is 4.78. The van der Waals surface area contributed by atoms with Crippen LogP contribution in [0.3, 0.4) is 0 Å². The molecular formula is C17H19ClFN3O. The van der Waals surface area contributed by atoms with Gasteiger partial charge in [-0.15, -0.1) is 0 Å². The van der Waals surface area contributed by atoms with Crippen LogP contribution in [0.15, 0.2) is 24.3 Å². The second-order valence-electron chi connectivity index (χ2n) is 5.97. The molecular weight excluding hydrogens is 317 g/mol. The lowest BCUT2D eigenvalue weighted by Gasteiger charge is -2.23. The van der Waals surface area contributed by atoms with E-state index in [-0.39, 0.29) is 16.9 Å². The van der Waals surface area contributed by atoms with E-state index in [0.717, 1.165) is 13.1 Å². The molecule has 1 atom stereocenters. The normalized spacial score (nSPS) is 16.7. The molecule has 2 aromatic rings. The second-order valence-corrected chi connectivity index (χ2v) is 6.32. The molecule has 1 aromatic carbocycles. The third-order valence-electron chi connectivity index (χ3n) is 4.30. The zero-order valence-electron chi connectivity index (χ0n) is 13.0. The number of likely N-dealkylation sites (tertiary alicyclic amines) is 1. The van der Waals surface area contributed by atoms with E-state index in [1.54, 1.807) is 12.1 Å². The molecule has 0 radical (unpaired) electrons. The van der Waals surface area contributed by atoms with Gasteiger partial charge in [0.25, 0.3) is 5.91 Å². The number of aromatic nitrogens is 1. The smallest absolute Gasteiger partial charge is 0.254 e. The quantitative estimate of drug-likeness (QED) is 0.872. The largest absolute Gasteiger partial charge is 0.350 e. The number of pyridine rings is 1. The van der Waals surface area contributed by atoms with Crippen LogP contribution in [0.1, 0.15) is 30.1 Å². The molecule has 6 heteroatoms. The fourth-order valence-electron chi connectivity index (χ4n) is 2.92. The minimum absolute atomic E-state index is 0.0921. The summed E-state index contributed by atoms with van der Waals surface area (Å²) in [7, 11) is 0. The molecule has 1 aliphatic rings. The van der Waals surface area contributed by atoms with E-state index in [1.165, 1.54) is 25.0 Å². The monoisotopic (exact) mass is 335 g/mol. The van der Waals surface area contributed by atoms with Crippen molar-refractivity contribution in [3.63, 3.8) is 0 Å². The Balaban J connectivity index is 1.72. The second kappa shape index (κ2) is 6.81. The van der Waals surface area contributed by atoms with Gasteiger partial charge in [-0.2, -0.15) is 0 Å². The summed E-state index contributed by atoms with van der Waals surface area (Å²) in [5, 5.41) is 3.69. The highest BCUT2D eigenvalue weighted by Crippen LogP contribution is 2.21. The maximum Gasteiger partial charge on any atom is 0.254 e. The average molecular weight is 336 g/mol. The van der Waals surface area contributed by atoms with Crippen LogP contribution in [-0.2, 0) is 0 Å². The van der Waals surface area contributed by atoms with E-state index in [1.807, 2.05) is 0 Å². The van der Waals surface area contributed by atoms with Crippen LogP contribution in [0, 0.1) is 5.82 Å². The highest BCUT2D eigenvalue weighted by atomic mass is 35.5. The number of benzene rings is 1. The van der Waals surface area contributed by atoms with Gasteiger partial charge in [0.05, 0.1) is 11.1 Å².